The first kappa shape index (κ1) is 18.4. The summed E-state index contributed by atoms with van der Waals surface area (Å²) < 4.78 is 6.02. The molecule has 0 fully saturated rings. The van der Waals surface area contributed by atoms with Gasteiger partial charge in [-0.2, -0.15) is 0 Å². The first-order valence-electron chi connectivity index (χ1n) is 9.34. The van der Waals surface area contributed by atoms with Gasteiger partial charge in [-0.3, -0.25) is 4.98 Å². The van der Waals surface area contributed by atoms with Crippen molar-refractivity contribution in [1.82, 2.24) is 15.0 Å². The smallest absolute Gasteiger partial charge is 0.150 e. The van der Waals surface area contributed by atoms with E-state index < -0.39 is 0 Å². The maximum Gasteiger partial charge on any atom is 0.150 e. The molecular weight excluding hydrogens is 362 g/mol. The zero-order chi connectivity index (χ0) is 19.9. The highest BCUT2D eigenvalue weighted by Crippen LogP contribution is 2.31. The molecule has 2 aromatic carbocycles. The van der Waals surface area contributed by atoms with Gasteiger partial charge >= 0.3 is 0 Å². The molecule has 144 valence electrons. The van der Waals surface area contributed by atoms with Gasteiger partial charge in [0.05, 0.1) is 5.69 Å². The van der Waals surface area contributed by atoms with Gasteiger partial charge in [0.1, 0.15) is 23.2 Å². The third-order valence-electron chi connectivity index (χ3n) is 4.18. The fourth-order valence-corrected chi connectivity index (χ4v) is 2.83. The van der Waals surface area contributed by atoms with Crippen LogP contribution in [0.3, 0.4) is 0 Å². The van der Waals surface area contributed by atoms with E-state index in [9.17, 15) is 0 Å². The van der Waals surface area contributed by atoms with Gasteiger partial charge < -0.3 is 15.4 Å². The number of nitrogens with one attached hydrogen (secondary N) is 2. The molecule has 6 heteroatoms. The van der Waals surface area contributed by atoms with E-state index in [4.69, 9.17) is 4.74 Å². The fraction of sp³-hybridized carbons (Fsp3) is 0.0870. The Kier molecular flexibility index (Phi) is 5.62. The van der Waals surface area contributed by atoms with Gasteiger partial charge in [0.15, 0.2) is 5.75 Å². The van der Waals surface area contributed by atoms with Crippen molar-refractivity contribution in [2.75, 3.05) is 10.6 Å². The van der Waals surface area contributed by atoms with E-state index in [1.165, 1.54) is 0 Å². The summed E-state index contributed by atoms with van der Waals surface area (Å²) in [6, 6.07) is 23.3. The number of para-hydroxylation sites is 3. The van der Waals surface area contributed by atoms with Crippen LogP contribution < -0.4 is 15.4 Å². The Labute approximate surface area is 169 Å². The molecule has 0 aliphatic heterocycles. The van der Waals surface area contributed by atoms with E-state index >= 15 is 0 Å². The maximum absolute atomic E-state index is 6.02. The van der Waals surface area contributed by atoms with Crippen LogP contribution in [0.1, 0.15) is 11.4 Å². The molecule has 0 aliphatic rings. The largest absolute Gasteiger partial charge is 0.455 e. The highest BCUT2D eigenvalue weighted by molar-refractivity contribution is 5.66. The second-order valence-electron chi connectivity index (χ2n) is 6.43. The Morgan fingerprint density at radius 3 is 2.38 bits per heavy atom. The second-order valence-corrected chi connectivity index (χ2v) is 6.43. The number of aryl methyl sites for hydroxylation is 1. The minimum Gasteiger partial charge on any atom is -0.455 e. The molecule has 0 radical (unpaired) electrons. The first-order valence-corrected chi connectivity index (χ1v) is 9.34. The van der Waals surface area contributed by atoms with E-state index in [1.54, 1.807) is 12.4 Å². The van der Waals surface area contributed by atoms with E-state index in [0.717, 1.165) is 28.6 Å². The fourth-order valence-electron chi connectivity index (χ4n) is 2.83. The van der Waals surface area contributed by atoms with Crippen LogP contribution in [0, 0.1) is 6.92 Å². The van der Waals surface area contributed by atoms with Crippen molar-refractivity contribution in [3.8, 4) is 11.5 Å². The molecule has 2 aromatic heterocycles. The maximum atomic E-state index is 6.02. The summed E-state index contributed by atoms with van der Waals surface area (Å²) in [6.45, 7) is 2.53. The van der Waals surface area contributed by atoms with Crippen LogP contribution in [-0.4, -0.2) is 15.0 Å². The quantitative estimate of drug-likeness (QED) is 0.449. The van der Waals surface area contributed by atoms with Gasteiger partial charge in [-0.15, -0.1) is 0 Å². The average Bonchev–Trinajstić information content (AvgIpc) is 2.75. The Balaban J connectivity index is 1.51. The lowest BCUT2D eigenvalue weighted by Crippen LogP contribution is -2.05. The third kappa shape index (κ3) is 5.07. The van der Waals surface area contributed by atoms with Crippen LogP contribution in [0.2, 0.25) is 0 Å². The van der Waals surface area contributed by atoms with Gasteiger partial charge in [-0.25, -0.2) is 9.97 Å². The van der Waals surface area contributed by atoms with E-state index in [2.05, 4.69) is 25.6 Å². The lowest BCUT2D eigenvalue weighted by Gasteiger charge is -2.14. The van der Waals surface area contributed by atoms with Crippen LogP contribution in [-0.2, 0) is 6.54 Å². The zero-order valence-corrected chi connectivity index (χ0v) is 16.0. The lowest BCUT2D eigenvalue weighted by molar-refractivity contribution is 0.485. The van der Waals surface area contributed by atoms with Gasteiger partial charge in [-0.05, 0) is 48.9 Å². The molecule has 0 atom stereocenters. The predicted octanol–water partition coefficient (Wildman–Crippen LogP) is 5.33. The topological polar surface area (TPSA) is 72.0 Å². The molecule has 0 saturated heterocycles. The number of hydrogen-bond donors (Lipinski definition) is 2. The first-order chi connectivity index (χ1) is 14.3. The number of hydrogen-bond acceptors (Lipinski definition) is 6. The van der Waals surface area contributed by atoms with Crippen LogP contribution >= 0.6 is 0 Å². The summed E-state index contributed by atoms with van der Waals surface area (Å²) in [5.41, 5.74) is 1.96. The van der Waals surface area contributed by atoms with Gasteiger partial charge in [0.25, 0.3) is 0 Å². The number of benzene rings is 2. The monoisotopic (exact) mass is 383 g/mol. The molecule has 4 aromatic rings. The number of rotatable bonds is 7. The number of pyridine rings is 1. The highest BCUT2D eigenvalue weighted by atomic mass is 16.5. The Morgan fingerprint density at radius 1 is 0.828 bits per heavy atom. The van der Waals surface area contributed by atoms with E-state index in [0.29, 0.717) is 18.2 Å². The molecule has 0 spiro atoms. The molecule has 29 heavy (non-hydrogen) atoms. The van der Waals surface area contributed by atoms with Gasteiger partial charge in [0, 0.05) is 25.0 Å². The minimum absolute atomic E-state index is 0.659. The van der Waals surface area contributed by atoms with Crippen molar-refractivity contribution in [2.24, 2.45) is 0 Å². The highest BCUT2D eigenvalue weighted by Gasteiger charge is 2.08. The van der Waals surface area contributed by atoms with Crippen molar-refractivity contribution >= 4 is 17.3 Å². The normalized spacial score (nSPS) is 10.4. The summed E-state index contributed by atoms with van der Waals surface area (Å²) in [6.07, 6.45) is 3.55. The third-order valence-corrected chi connectivity index (χ3v) is 4.18. The molecule has 0 saturated carbocycles. The Morgan fingerprint density at radius 2 is 1.55 bits per heavy atom. The molecule has 4 rings (SSSR count). The summed E-state index contributed by atoms with van der Waals surface area (Å²) in [4.78, 5) is 13.0. The van der Waals surface area contributed by atoms with Crippen molar-refractivity contribution in [2.45, 2.75) is 13.5 Å². The summed E-state index contributed by atoms with van der Waals surface area (Å²) >= 11 is 0. The van der Waals surface area contributed by atoms with E-state index in [-0.39, 0.29) is 0 Å². The summed E-state index contributed by atoms with van der Waals surface area (Å²) in [7, 11) is 0. The molecular formula is C23H21N5O. The number of aromatic nitrogens is 3. The molecule has 6 nitrogen and oxygen atoms in total. The predicted molar refractivity (Wildman–Crippen MR) is 115 cm³/mol. The average molecular weight is 383 g/mol. The lowest BCUT2D eigenvalue weighted by atomic mass is 10.2. The summed E-state index contributed by atoms with van der Waals surface area (Å²) in [5, 5.41) is 6.68. The Bertz CT molecular complexity index is 1070. The second kappa shape index (κ2) is 8.84. The van der Waals surface area contributed by atoms with Crippen molar-refractivity contribution in [1.29, 1.82) is 0 Å². The zero-order valence-electron chi connectivity index (χ0n) is 16.0. The molecule has 0 amide bonds. The minimum atomic E-state index is 0.659. The van der Waals surface area contributed by atoms with Crippen molar-refractivity contribution < 1.29 is 4.74 Å². The number of nitrogens with zero attached hydrogens (tertiary/aromatic N) is 3. The van der Waals surface area contributed by atoms with E-state index in [1.807, 2.05) is 79.7 Å². The standard InChI is InChI=1S/C23H21N5O/c1-17-26-22(25-16-18-11-13-24-14-12-18)15-23(27-17)28-20-9-5-6-10-21(20)29-19-7-3-2-4-8-19/h2-15H,16H2,1H3,(H2,25,26,27,28). The summed E-state index contributed by atoms with van der Waals surface area (Å²) in [5.74, 6) is 3.62. The van der Waals surface area contributed by atoms with Crippen molar-refractivity contribution in [3.05, 3.63) is 96.6 Å². The van der Waals surface area contributed by atoms with Crippen molar-refractivity contribution in [3.63, 3.8) is 0 Å². The molecule has 0 bridgehead atoms. The van der Waals surface area contributed by atoms with Gasteiger partial charge in [-0.1, -0.05) is 30.3 Å². The number of ether oxygens (including phenoxy) is 1. The molecule has 2 heterocycles. The molecule has 0 aliphatic carbocycles. The molecule has 0 unspecified atom stereocenters. The van der Waals surface area contributed by atoms with Crippen LogP contribution in [0.25, 0.3) is 0 Å². The molecule has 2 N–H and O–H groups in total. The Hall–Kier alpha value is -3.93. The van der Waals surface area contributed by atoms with Crippen LogP contribution in [0.4, 0.5) is 17.3 Å². The number of anilines is 3. The van der Waals surface area contributed by atoms with Crippen LogP contribution in [0.5, 0.6) is 11.5 Å². The SMILES string of the molecule is Cc1nc(NCc2ccncc2)cc(Nc2ccccc2Oc2ccccc2)n1. The van der Waals surface area contributed by atoms with Crippen LogP contribution in [0.15, 0.2) is 85.2 Å². The van der Waals surface area contributed by atoms with Gasteiger partial charge in [0.2, 0.25) is 0 Å².